The van der Waals surface area contributed by atoms with Gasteiger partial charge in [0.15, 0.2) is 0 Å². The van der Waals surface area contributed by atoms with Crippen LogP contribution in [-0.2, 0) is 15.1 Å². The summed E-state index contributed by atoms with van der Waals surface area (Å²) in [4.78, 5) is 25.9. The first kappa shape index (κ1) is 20.8. The highest BCUT2D eigenvalue weighted by Gasteiger charge is 2.41. The molecular weight excluding hydrogens is 418 g/mol. The second-order valence-electron chi connectivity index (χ2n) is 7.76. The highest BCUT2D eigenvalue weighted by atomic mass is 35.5. The van der Waals surface area contributed by atoms with Crippen molar-refractivity contribution in [2.75, 3.05) is 12.4 Å². The number of benzene rings is 2. The van der Waals surface area contributed by atoms with Gasteiger partial charge in [0, 0.05) is 27.4 Å². The summed E-state index contributed by atoms with van der Waals surface area (Å²) in [5, 5.41) is 1.60. The van der Waals surface area contributed by atoms with E-state index in [0.717, 1.165) is 33.0 Å². The molecule has 0 spiro atoms. The number of aromatic nitrogens is 1. The number of esters is 1. The number of fused-ring (bicyclic) bond motifs is 1. The largest absolute Gasteiger partial charge is 0.460 e. The summed E-state index contributed by atoms with van der Waals surface area (Å²) < 4.78 is 7.10. The second kappa shape index (κ2) is 7.97. The molecule has 0 saturated heterocycles. The fraction of sp³-hybridized carbons (Fsp3) is 0.250. The van der Waals surface area contributed by atoms with E-state index in [0.29, 0.717) is 10.7 Å². The summed E-state index contributed by atoms with van der Waals surface area (Å²) in [6.07, 6.45) is 0. The topological polar surface area (TPSA) is 48.3 Å². The number of Topliss-reactive ketones (excluding diaryl/α,β-unsaturated/α-hetero) is 1. The maximum atomic E-state index is 13.4. The van der Waals surface area contributed by atoms with Gasteiger partial charge in [-0.25, -0.2) is 4.79 Å². The number of hydrogen-bond acceptors (Lipinski definition) is 4. The third kappa shape index (κ3) is 3.46. The zero-order chi connectivity index (χ0) is 21.5. The number of ether oxygens (including phenoxy) is 1. The zero-order valence-electron chi connectivity index (χ0n) is 17.1. The summed E-state index contributed by atoms with van der Waals surface area (Å²) in [7, 11) is 0. The molecule has 0 unspecified atom stereocenters. The number of rotatable bonds is 5. The van der Waals surface area contributed by atoms with Gasteiger partial charge in [-0.1, -0.05) is 54.1 Å². The van der Waals surface area contributed by atoms with Gasteiger partial charge in [0.25, 0.3) is 5.78 Å². The third-order valence-electron chi connectivity index (χ3n) is 5.17. The number of hydrogen-bond donors (Lipinski definition) is 0. The molecule has 0 radical (unpaired) electrons. The molecule has 0 atom stereocenters. The zero-order valence-corrected chi connectivity index (χ0v) is 18.6. The van der Waals surface area contributed by atoms with Crippen LogP contribution in [0.2, 0.25) is 5.02 Å². The van der Waals surface area contributed by atoms with E-state index in [1.165, 1.54) is 0 Å². The van der Waals surface area contributed by atoms with Crippen molar-refractivity contribution in [2.24, 2.45) is 0 Å². The molecule has 154 valence electrons. The van der Waals surface area contributed by atoms with Gasteiger partial charge in [0.05, 0.1) is 11.6 Å². The molecular formula is C24H22ClNO3S. The third-order valence-corrected chi connectivity index (χ3v) is 6.93. The Hall–Kier alpha value is -2.50. The minimum atomic E-state index is -0.833. The van der Waals surface area contributed by atoms with Crippen molar-refractivity contribution in [3.63, 3.8) is 0 Å². The molecule has 0 N–H and O–H groups in total. The lowest BCUT2D eigenvalue weighted by Crippen LogP contribution is -2.31. The lowest BCUT2D eigenvalue weighted by molar-refractivity contribution is -0.137. The summed E-state index contributed by atoms with van der Waals surface area (Å²) in [5.74, 6) is -0.646. The molecule has 1 aliphatic heterocycles. The van der Waals surface area contributed by atoms with Crippen molar-refractivity contribution >= 4 is 35.1 Å². The molecule has 30 heavy (non-hydrogen) atoms. The summed E-state index contributed by atoms with van der Waals surface area (Å²) in [6.45, 7) is 6.01. The second-order valence-corrected chi connectivity index (χ2v) is 9.16. The first-order valence-corrected chi connectivity index (χ1v) is 11.2. The van der Waals surface area contributed by atoms with Crippen LogP contribution in [0.1, 0.15) is 31.3 Å². The Labute approximate surface area is 185 Å². The van der Waals surface area contributed by atoms with E-state index in [1.54, 1.807) is 30.8 Å². The average Bonchev–Trinajstić information content (AvgIpc) is 3.24. The van der Waals surface area contributed by atoms with E-state index in [9.17, 15) is 9.59 Å². The predicted molar refractivity (Wildman–Crippen MR) is 121 cm³/mol. The van der Waals surface area contributed by atoms with Gasteiger partial charge in [-0.15, -0.1) is 11.8 Å². The minimum absolute atomic E-state index is 0.151. The number of halogens is 1. The van der Waals surface area contributed by atoms with Gasteiger partial charge >= 0.3 is 5.97 Å². The van der Waals surface area contributed by atoms with Gasteiger partial charge in [0.2, 0.25) is 0 Å². The van der Waals surface area contributed by atoms with E-state index in [1.807, 2.05) is 47.0 Å². The Balaban J connectivity index is 2.09. The smallest absolute Gasteiger partial charge is 0.381 e. The Morgan fingerprint density at radius 3 is 2.30 bits per heavy atom. The van der Waals surface area contributed by atoms with Crippen LogP contribution in [0.25, 0.3) is 22.3 Å². The van der Waals surface area contributed by atoms with E-state index in [4.69, 9.17) is 16.3 Å². The van der Waals surface area contributed by atoms with Crippen LogP contribution in [0.5, 0.6) is 0 Å². The van der Waals surface area contributed by atoms with Crippen molar-refractivity contribution in [1.82, 2.24) is 4.57 Å². The van der Waals surface area contributed by atoms with Crippen molar-refractivity contribution < 1.29 is 14.3 Å². The van der Waals surface area contributed by atoms with Crippen molar-refractivity contribution in [2.45, 2.75) is 31.3 Å². The van der Waals surface area contributed by atoms with E-state index in [-0.39, 0.29) is 12.1 Å². The van der Waals surface area contributed by atoms with Crippen LogP contribution in [0.3, 0.4) is 0 Å². The minimum Gasteiger partial charge on any atom is -0.460 e. The Morgan fingerprint density at radius 1 is 1.03 bits per heavy atom. The van der Waals surface area contributed by atoms with Gasteiger partial charge in [0.1, 0.15) is 5.69 Å². The number of ketones is 1. The maximum Gasteiger partial charge on any atom is 0.381 e. The van der Waals surface area contributed by atoms with E-state index < -0.39 is 11.8 Å². The van der Waals surface area contributed by atoms with Crippen molar-refractivity contribution in [3.05, 3.63) is 65.3 Å². The normalized spacial score (nSPS) is 14.4. The Kier molecular flexibility index (Phi) is 5.51. The summed E-state index contributed by atoms with van der Waals surface area (Å²) >= 11 is 7.82. The molecule has 0 fully saturated rings. The fourth-order valence-corrected chi connectivity index (χ4v) is 5.43. The van der Waals surface area contributed by atoms with E-state index >= 15 is 0 Å². The van der Waals surface area contributed by atoms with Crippen molar-refractivity contribution in [3.8, 4) is 22.3 Å². The standard InChI is InChI=1S/C24H22ClNO3S/c1-4-29-23(28)21(27)20-18(16-10-12-17(25)13-11-16)19(15-8-6-5-7-9-15)22-26(20)24(2,3)14-30-22/h5-13H,4,14H2,1-3H3. The summed E-state index contributed by atoms with van der Waals surface area (Å²) in [5.41, 5.74) is 3.58. The maximum absolute atomic E-state index is 13.4. The molecule has 6 heteroatoms. The van der Waals surface area contributed by atoms with Gasteiger partial charge in [-0.05, 0) is 44.0 Å². The molecule has 2 aromatic carbocycles. The monoisotopic (exact) mass is 439 g/mol. The molecule has 1 aromatic heterocycles. The molecule has 2 heterocycles. The van der Waals surface area contributed by atoms with Crippen LogP contribution < -0.4 is 0 Å². The molecule has 4 rings (SSSR count). The number of thioether (sulfide) groups is 1. The molecule has 0 aliphatic carbocycles. The van der Waals surface area contributed by atoms with Crippen LogP contribution in [0.15, 0.2) is 59.6 Å². The number of carbonyl (C=O) groups excluding carboxylic acids is 2. The van der Waals surface area contributed by atoms with Gasteiger partial charge in [-0.2, -0.15) is 0 Å². The summed E-state index contributed by atoms with van der Waals surface area (Å²) in [6, 6.07) is 17.3. The molecule has 3 aromatic rings. The van der Waals surface area contributed by atoms with Crippen molar-refractivity contribution in [1.29, 1.82) is 0 Å². The Morgan fingerprint density at radius 2 is 1.67 bits per heavy atom. The molecule has 1 aliphatic rings. The Bertz CT molecular complexity index is 1120. The quantitative estimate of drug-likeness (QED) is 0.275. The fourth-order valence-electron chi connectivity index (χ4n) is 3.85. The highest BCUT2D eigenvalue weighted by molar-refractivity contribution is 7.99. The van der Waals surface area contributed by atoms with Gasteiger partial charge < -0.3 is 9.30 Å². The lowest BCUT2D eigenvalue weighted by atomic mass is 9.95. The van der Waals surface area contributed by atoms with Gasteiger partial charge in [-0.3, -0.25) is 4.79 Å². The van der Waals surface area contributed by atoms with Crippen LogP contribution in [0.4, 0.5) is 0 Å². The molecule has 0 amide bonds. The van der Waals surface area contributed by atoms with Crippen LogP contribution >= 0.6 is 23.4 Å². The number of nitrogens with zero attached hydrogens (tertiary/aromatic N) is 1. The predicted octanol–water partition coefficient (Wildman–Crippen LogP) is 6.06. The average molecular weight is 440 g/mol. The van der Waals surface area contributed by atoms with Crippen LogP contribution in [-0.4, -0.2) is 28.7 Å². The first-order valence-electron chi connectivity index (χ1n) is 9.80. The first-order chi connectivity index (χ1) is 14.3. The number of carbonyl (C=O) groups is 2. The lowest BCUT2D eigenvalue weighted by Gasteiger charge is -2.23. The van der Waals surface area contributed by atoms with E-state index in [2.05, 4.69) is 13.8 Å². The molecule has 0 saturated carbocycles. The molecule has 0 bridgehead atoms. The molecule has 4 nitrogen and oxygen atoms in total. The van der Waals surface area contributed by atoms with Crippen LogP contribution in [0, 0.1) is 0 Å². The SMILES string of the molecule is CCOC(=O)C(=O)c1c(-c2ccc(Cl)cc2)c(-c2ccccc2)c2n1C(C)(C)CS2. The highest BCUT2D eigenvalue weighted by Crippen LogP contribution is 2.51.